The molecule has 6 heteroatoms. The zero-order valence-corrected chi connectivity index (χ0v) is 17.5. The number of nitrogens with zero attached hydrogens (tertiary/aromatic N) is 2. The van der Waals surface area contributed by atoms with Crippen LogP contribution in [0.3, 0.4) is 0 Å². The molecule has 0 amide bonds. The molecule has 0 radical (unpaired) electrons. The predicted octanol–water partition coefficient (Wildman–Crippen LogP) is 4.13. The van der Waals surface area contributed by atoms with Gasteiger partial charge in [0.05, 0.1) is 11.2 Å². The van der Waals surface area contributed by atoms with Crippen LogP contribution in [0.2, 0.25) is 0 Å². The van der Waals surface area contributed by atoms with Crippen LogP contribution in [0.25, 0.3) is 10.9 Å². The first-order valence-electron chi connectivity index (χ1n) is 9.52. The van der Waals surface area contributed by atoms with Crippen LogP contribution in [-0.2, 0) is 13.6 Å². The molecule has 0 unspecified atom stereocenters. The molecule has 1 aromatic heterocycles. The van der Waals surface area contributed by atoms with Crippen molar-refractivity contribution in [3.63, 3.8) is 0 Å². The number of aryl methyl sites for hydroxylation is 2. The van der Waals surface area contributed by atoms with Crippen molar-refractivity contribution in [1.29, 1.82) is 0 Å². The first kappa shape index (κ1) is 21.5. The van der Waals surface area contributed by atoms with Crippen LogP contribution in [-0.4, -0.2) is 28.9 Å². The summed E-state index contributed by atoms with van der Waals surface area (Å²) < 4.78 is 2.01. The number of halogens is 2. The maximum Gasteiger partial charge on any atom is 0.0841 e. The Hall–Kier alpha value is -0.810. The van der Waals surface area contributed by atoms with E-state index < -0.39 is 0 Å². The van der Waals surface area contributed by atoms with Crippen LogP contribution in [0.4, 0.5) is 0 Å². The highest BCUT2D eigenvalue weighted by atomic mass is 35.5. The fourth-order valence-corrected chi connectivity index (χ4v) is 4.72. The number of nitrogens with one attached hydrogen (secondary N) is 2. The Balaban J connectivity index is 0.00000121. The van der Waals surface area contributed by atoms with Crippen molar-refractivity contribution in [3.8, 4) is 0 Å². The lowest BCUT2D eigenvalue weighted by Crippen LogP contribution is -2.43. The number of benzene rings is 1. The third-order valence-corrected chi connectivity index (χ3v) is 6.35. The van der Waals surface area contributed by atoms with E-state index in [0.29, 0.717) is 11.5 Å². The van der Waals surface area contributed by atoms with Crippen molar-refractivity contribution in [2.24, 2.45) is 12.5 Å². The number of rotatable bonds is 3. The molecule has 1 aromatic carbocycles. The lowest BCUT2D eigenvalue weighted by Gasteiger charge is -2.43. The molecule has 0 atom stereocenters. The number of fused-ring (bicyclic) bond motifs is 1. The standard InChI is InChI=1S/C20H30N4.2ClH/c1-15-3-4-19-17(13-15)18(23-24(19)2)14-22-16-5-7-20(8-6-16)9-11-21-12-10-20;;/h3-4,13,16,21-22H,5-12,14H2,1-2H3;2*1H. The molecule has 1 aliphatic heterocycles. The van der Waals surface area contributed by atoms with E-state index in [1.54, 1.807) is 0 Å². The van der Waals surface area contributed by atoms with Gasteiger partial charge in [-0.05, 0) is 76.1 Å². The molecule has 1 aliphatic carbocycles. The van der Waals surface area contributed by atoms with E-state index in [-0.39, 0.29) is 24.8 Å². The summed E-state index contributed by atoms with van der Waals surface area (Å²) in [5, 5.41) is 13.4. The smallest absolute Gasteiger partial charge is 0.0841 e. The van der Waals surface area contributed by atoms with E-state index >= 15 is 0 Å². The van der Waals surface area contributed by atoms with Gasteiger partial charge in [0.2, 0.25) is 0 Å². The van der Waals surface area contributed by atoms with Gasteiger partial charge in [-0.1, -0.05) is 11.6 Å². The Morgan fingerprint density at radius 3 is 2.54 bits per heavy atom. The molecule has 2 aromatic rings. The maximum atomic E-state index is 4.74. The van der Waals surface area contributed by atoms with E-state index in [9.17, 15) is 0 Å². The second-order valence-electron chi connectivity index (χ2n) is 8.00. The summed E-state index contributed by atoms with van der Waals surface area (Å²) in [7, 11) is 2.04. The van der Waals surface area contributed by atoms with Crippen molar-refractivity contribution >= 4 is 35.7 Å². The first-order valence-corrected chi connectivity index (χ1v) is 9.52. The zero-order chi connectivity index (χ0) is 16.6. The van der Waals surface area contributed by atoms with Gasteiger partial charge in [0.1, 0.15) is 0 Å². The second kappa shape index (κ2) is 8.92. The van der Waals surface area contributed by atoms with E-state index in [4.69, 9.17) is 5.10 Å². The van der Waals surface area contributed by atoms with Gasteiger partial charge in [-0.2, -0.15) is 5.10 Å². The number of piperidine rings is 1. The van der Waals surface area contributed by atoms with Gasteiger partial charge in [0, 0.05) is 25.0 Å². The monoisotopic (exact) mass is 398 g/mol. The van der Waals surface area contributed by atoms with Crippen molar-refractivity contribution in [1.82, 2.24) is 20.4 Å². The highest BCUT2D eigenvalue weighted by Crippen LogP contribution is 2.43. The van der Waals surface area contributed by atoms with Gasteiger partial charge in [0.15, 0.2) is 0 Å². The maximum absolute atomic E-state index is 4.74. The summed E-state index contributed by atoms with van der Waals surface area (Å²) in [6.07, 6.45) is 8.20. The van der Waals surface area contributed by atoms with Gasteiger partial charge >= 0.3 is 0 Å². The lowest BCUT2D eigenvalue weighted by atomic mass is 9.67. The quantitative estimate of drug-likeness (QED) is 0.816. The van der Waals surface area contributed by atoms with E-state index in [0.717, 1.165) is 6.54 Å². The van der Waals surface area contributed by atoms with E-state index in [1.165, 1.54) is 73.8 Å². The van der Waals surface area contributed by atoms with Gasteiger partial charge in [-0.15, -0.1) is 24.8 Å². The van der Waals surface area contributed by atoms with Crippen LogP contribution >= 0.6 is 24.8 Å². The largest absolute Gasteiger partial charge is 0.317 e. The molecule has 0 bridgehead atoms. The normalized spacial score (nSPS) is 19.9. The number of aromatic nitrogens is 2. The number of hydrogen-bond donors (Lipinski definition) is 2. The average molecular weight is 399 g/mol. The predicted molar refractivity (Wildman–Crippen MR) is 114 cm³/mol. The summed E-state index contributed by atoms with van der Waals surface area (Å²) in [6, 6.07) is 7.28. The Labute approximate surface area is 169 Å². The molecular weight excluding hydrogens is 367 g/mol. The van der Waals surface area contributed by atoms with Crippen LogP contribution < -0.4 is 10.6 Å². The molecule has 2 heterocycles. The zero-order valence-electron chi connectivity index (χ0n) is 15.9. The molecule has 1 spiro atoms. The molecule has 4 rings (SSSR count). The minimum Gasteiger partial charge on any atom is -0.317 e. The highest BCUT2D eigenvalue weighted by Gasteiger charge is 2.35. The minimum absolute atomic E-state index is 0. The van der Waals surface area contributed by atoms with Gasteiger partial charge in [-0.25, -0.2) is 0 Å². The topological polar surface area (TPSA) is 41.9 Å². The van der Waals surface area contributed by atoms with Crippen molar-refractivity contribution in [3.05, 3.63) is 29.5 Å². The molecule has 26 heavy (non-hydrogen) atoms. The molecular formula is C20H32Cl2N4. The van der Waals surface area contributed by atoms with Crippen LogP contribution in [0, 0.1) is 12.3 Å². The fourth-order valence-electron chi connectivity index (χ4n) is 4.72. The van der Waals surface area contributed by atoms with Crippen molar-refractivity contribution in [2.45, 2.75) is 58.0 Å². The molecule has 1 saturated carbocycles. The van der Waals surface area contributed by atoms with Crippen LogP contribution in [0.15, 0.2) is 18.2 Å². The molecule has 2 fully saturated rings. The number of hydrogen-bond acceptors (Lipinski definition) is 3. The van der Waals surface area contributed by atoms with E-state index in [2.05, 4.69) is 35.8 Å². The van der Waals surface area contributed by atoms with Gasteiger partial charge in [0.25, 0.3) is 0 Å². The Bertz CT molecular complexity index is 712. The first-order chi connectivity index (χ1) is 11.7. The summed E-state index contributed by atoms with van der Waals surface area (Å²) in [5.74, 6) is 0. The van der Waals surface area contributed by atoms with Gasteiger partial charge in [-0.3, -0.25) is 4.68 Å². The Kier molecular flexibility index (Phi) is 7.37. The molecule has 146 valence electrons. The summed E-state index contributed by atoms with van der Waals surface area (Å²) in [6.45, 7) is 5.48. The van der Waals surface area contributed by atoms with Crippen molar-refractivity contribution in [2.75, 3.05) is 13.1 Å². The summed E-state index contributed by atoms with van der Waals surface area (Å²) in [4.78, 5) is 0. The third kappa shape index (κ3) is 4.36. The summed E-state index contributed by atoms with van der Waals surface area (Å²) in [5.41, 5.74) is 4.38. The summed E-state index contributed by atoms with van der Waals surface area (Å²) >= 11 is 0. The Morgan fingerprint density at radius 2 is 1.85 bits per heavy atom. The Morgan fingerprint density at radius 1 is 1.15 bits per heavy atom. The van der Waals surface area contributed by atoms with Gasteiger partial charge < -0.3 is 10.6 Å². The average Bonchev–Trinajstić information content (AvgIpc) is 2.91. The van der Waals surface area contributed by atoms with Crippen LogP contribution in [0.5, 0.6) is 0 Å². The van der Waals surface area contributed by atoms with E-state index in [1.807, 2.05) is 11.7 Å². The SMILES string of the molecule is Cc1ccc2c(c1)c(CNC1CCC3(CCNCC3)CC1)nn2C.Cl.Cl. The molecule has 2 N–H and O–H groups in total. The molecule has 2 aliphatic rings. The van der Waals surface area contributed by atoms with Crippen LogP contribution in [0.1, 0.15) is 49.8 Å². The second-order valence-corrected chi connectivity index (χ2v) is 8.00. The van der Waals surface area contributed by atoms with Crippen molar-refractivity contribution < 1.29 is 0 Å². The molecule has 1 saturated heterocycles. The molecule has 4 nitrogen and oxygen atoms in total. The fraction of sp³-hybridized carbons (Fsp3) is 0.650. The minimum atomic E-state index is 0. The third-order valence-electron chi connectivity index (χ3n) is 6.35. The highest BCUT2D eigenvalue weighted by molar-refractivity contribution is 5.85. The lowest BCUT2D eigenvalue weighted by molar-refractivity contribution is 0.115.